The van der Waals surface area contributed by atoms with Gasteiger partial charge < -0.3 is 9.84 Å². The first-order valence-corrected chi connectivity index (χ1v) is 7.38. The molecule has 0 aliphatic carbocycles. The minimum atomic E-state index is -1.03. The minimum Gasteiger partial charge on any atom is -0.480 e. The summed E-state index contributed by atoms with van der Waals surface area (Å²) < 4.78 is 5.31. The van der Waals surface area contributed by atoms with E-state index in [0.717, 1.165) is 16.7 Å². The van der Waals surface area contributed by atoms with Crippen molar-refractivity contribution in [1.82, 2.24) is 0 Å². The highest BCUT2D eigenvalue weighted by Crippen LogP contribution is 2.33. The fourth-order valence-corrected chi connectivity index (χ4v) is 2.75. The normalized spacial score (nSPS) is 16.0. The molecule has 23 heavy (non-hydrogen) atoms. The van der Waals surface area contributed by atoms with Crippen LogP contribution in [0.2, 0.25) is 0 Å². The van der Waals surface area contributed by atoms with Gasteiger partial charge in [-0.05, 0) is 29.7 Å². The molecule has 1 unspecified atom stereocenters. The van der Waals surface area contributed by atoms with Crippen molar-refractivity contribution >= 4 is 17.7 Å². The summed E-state index contributed by atoms with van der Waals surface area (Å²) in [5.41, 5.74) is 3.29. The zero-order valence-electron chi connectivity index (χ0n) is 12.7. The molecular formula is C18H17NO4. The van der Waals surface area contributed by atoms with Gasteiger partial charge in [-0.1, -0.05) is 42.5 Å². The highest BCUT2D eigenvalue weighted by molar-refractivity contribution is 5.98. The number of rotatable bonds is 3. The fraction of sp³-hybridized carbons (Fsp3) is 0.222. The molecule has 1 heterocycles. The molecule has 5 heteroatoms. The Kier molecular flexibility index (Phi) is 4.02. The van der Waals surface area contributed by atoms with E-state index in [1.165, 1.54) is 4.90 Å². The van der Waals surface area contributed by atoms with Gasteiger partial charge in [-0.15, -0.1) is 0 Å². The van der Waals surface area contributed by atoms with Crippen molar-refractivity contribution in [2.45, 2.75) is 26.0 Å². The van der Waals surface area contributed by atoms with E-state index in [4.69, 9.17) is 4.74 Å². The van der Waals surface area contributed by atoms with Crippen LogP contribution in [0.15, 0.2) is 48.5 Å². The van der Waals surface area contributed by atoms with E-state index in [9.17, 15) is 14.7 Å². The Hall–Kier alpha value is -2.82. The van der Waals surface area contributed by atoms with Crippen LogP contribution in [0.5, 0.6) is 0 Å². The summed E-state index contributed by atoms with van der Waals surface area (Å²) in [5, 5.41) is 9.41. The van der Waals surface area contributed by atoms with Crippen molar-refractivity contribution in [2.24, 2.45) is 0 Å². The van der Waals surface area contributed by atoms with Crippen LogP contribution in [0.3, 0.4) is 0 Å². The number of amides is 1. The third-order valence-electron chi connectivity index (χ3n) is 3.91. The van der Waals surface area contributed by atoms with E-state index in [1.807, 2.05) is 55.5 Å². The van der Waals surface area contributed by atoms with Crippen LogP contribution in [-0.2, 0) is 22.6 Å². The number of aryl methyl sites for hydroxylation is 1. The molecule has 5 nitrogen and oxygen atoms in total. The third-order valence-corrected chi connectivity index (χ3v) is 3.91. The molecule has 0 aromatic heterocycles. The number of carbonyl (C=O) groups excluding carboxylic acids is 1. The topological polar surface area (TPSA) is 66.8 Å². The zero-order chi connectivity index (χ0) is 16.4. The maximum Gasteiger partial charge on any atom is 0.415 e. The van der Waals surface area contributed by atoms with Crippen molar-refractivity contribution in [3.63, 3.8) is 0 Å². The van der Waals surface area contributed by atoms with Crippen LogP contribution in [0, 0.1) is 6.92 Å². The van der Waals surface area contributed by atoms with Crippen LogP contribution in [0.25, 0.3) is 0 Å². The Morgan fingerprint density at radius 2 is 1.96 bits per heavy atom. The molecule has 1 aliphatic rings. The first-order chi connectivity index (χ1) is 11.1. The summed E-state index contributed by atoms with van der Waals surface area (Å²) in [6.45, 7) is 2.02. The quantitative estimate of drug-likeness (QED) is 0.945. The molecule has 1 aliphatic heterocycles. The highest BCUT2D eigenvalue weighted by atomic mass is 16.6. The van der Waals surface area contributed by atoms with Crippen LogP contribution < -0.4 is 4.90 Å². The second-order valence-electron chi connectivity index (χ2n) is 5.60. The summed E-state index contributed by atoms with van der Waals surface area (Å²) in [6.07, 6.45) is -0.337. The molecule has 0 saturated heterocycles. The maximum absolute atomic E-state index is 12.4. The first kappa shape index (κ1) is 15.1. The van der Waals surface area contributed by atoms with Crippen molar-refractivity contribution in [3.05, 3.63) is 65.2 Å². The van der Waals surface area contributed by atoms with Gasteiger partial charge in [0.15, 0.2) is 0 Å². The van der Waals surface area contributed by atoms with Gasteiger partial charge in [-0.25, -0.2) is 9.59 Å². The lowest BCUT2D eigenvalue weighted by Crippen LogP contribution is -2.43. The smallest absolute Gasteiger partial charge is 0.415 e. The van der Waals surface area contributed by atoms with Gasteiger partial charge in [0.05, 0.1) is 5.69 Å². The largest absolute Gasteiger partial charge is 0.480 e. The number of benzene rings is 2. The number of carbonyl (C=O) groups is 2. The lowest BCUT2D eigenvalue weighted by atomic mass is 10.1. The van der Waals surface area contributed by atoms with Gasteiger partial charge in [0.25, 0.3) is 0 Å². The van der Waals surface area contributed by atoms with Crippen LogP contribution >= 0.6 is 0 Å². The Morgan fingerprint density at radius 1 is 1.22 bits per heavy atom. The van der Waals surface area contributed by atoms with Crippen LogP contribution in [0.4, 0.5) is 10.5 Å². The number of hydrogen-bond donors (Lipinski definition) is 1. The van der Waals surface area contributed by atoms with Gasteiger partial charge in [0.1, 0.15) is 12.6 Å². The molecule has 1 N–H and O–H groups in total. The van der Waals surface area contributed by atoms with Gasteiger partial charge in [0, 0.05) is 6.42 Å². The van der Waals surface area contributed by atoms with E-state index >= 15 is 0 Å². The average molecular weight is 311 g/mol. The Labute approximate surface area is 134 Å². The maximum atomic E-state index is 12.4. The zero-order valence-corrected chi connectivity index (χ0v) is 12.7. The predicted molar refractivity (Wildman–Crippen MR) is 85.4 cm³/mol. The number of ether oxygens (including phenoxy) is 1. The summed E-state index contributed by atoms with van der Waals surface area (Å²) in [7, 11) is 0. The molecule has 118 valence electrons. The molecule has 0 bridgehead atoms. The fourth-order valence-electron chi connectivity index (χ4n) is 2.75. The third kappa shape index (κ3) is 3.04. The van der Waals surface area contributed by atoms with Crippen molar-refractivity contribution in [3.8, 4) is 0 Å². The van der Waals surface area contributed by atoms with Crippen molar-refractivity contribution in [1.29, 1.82) is 0 Å². The number of fused-ring (bicyclic) bond motifs is 1. The van der Waals surface area contributed by atoms with Crippen LogP contribution in [0.1, 0.15) is 16.7 Å². The number of anilines is 1. The molecule has 3 rings (SSSR count). The molecule has 2 aromatic carbocycles. The van der Waals surface area contributed by atoms with Gasteiger partial charge in [-0.2, -0.15) is 0 Å². The summed E-state index contributed by atoms with van der Waals surface area (Å²) in [6, 6.07) is 14.0. The molecule has 1 atom stereocenters. The number of aliphatic carboxylic acids is 1. The van der Waals surface area contributed by atoms with E-state index in [2.05, 4.69) is 0 Å². The molecule has 0 spiro atoms. The Morgan fingerprint density at radius 3 is 2.65 bits per heavy atom. The van der Waals surface area contributed by atoms with E-state index in [-0.39, 0.29) is 6.61 Å². The number of carboxylic acids is 1. The lowest BCUT2D eigenvalue weighted by Gasteiger charge is -2.22. The molecular weight excluding hydrogens is 294 g/mol. The van der Waals surface area contributed by atoms with E-state index < -0.39 is 18.1 Å². The SMILES string of the molecule is Cc1ccc2c(c1)N(C(=O)OCc1ccccc1)C(C(=O)O)C2. The monoisotopic (exact) mass is 311 g/mol. The predicted octanol–water partition coefficient (Wildman–Crippen LogP) is 3.15. The highest BCUT2D eigenvalue weighted by Gasteiger charge is 2.39. The summed E-state index contributed by atoms with van der Waals surface area (Å²) in [4.78, 5) is 25.2. The molecule has 2 aromatic rings. The van der Waals surface area contributed by atoms with Crippen molar-refractivity contribution in [2.75, 3.05) is 4.90 Å². The number of hydrogen-bond acceptors (Lipinski definition) is 3. The molecule has 0 radical (unpaired) electrons. The average Bonchev–Trinajstić information content (AvgIpc) is 2.92. The standard InChI is InChI=1S/C18H17NO4/c1-12-7-8-14-10-16(17(20)21)19(15(14)9-12)18(22)23-11-13-5-3-2-4-6-13/h2-9,16H,10-11H2,1H3,(H,20,21). The second-order valence-corrected chi connectivity index (χ2v) is 5.60. The Balaban J connectivity index is 1.82. The van der Waals surface area contributed by atoms with Crippen LogP contribution in [-0.4, -0.2) is 23.2 Å². The minimum absolute atomic E-state index is 0.115. The van der Waals surface area contributed by atoms with E-state index in [0.29, 0.717) is 12.1 Å². The number of carboxylic acid groups (broad SMARTS) is 1. The second kappa shape index (κ2) is 6.12. The first-order valence-electron chi connectivity index (χ1n) is 7.38. The van der Waals surface area contributed by atoms with Gasteiger partial charge in [-0.3, -0.25) is 4.90 Å². The molecule has 0 fully saturated rings. The molecule has 0 saturated carbocycles. The lowest BCUT2D eigenvalue weighted by molar-refractivity contribution is -0.138. The molecule has 1 amide bonds. The van der Waals surface area contributed by atoms with Gasteiger partial charge >= 0.3 is 12.1 Å². The van der Waals surface area contributed by atoms with Gasteiger partial charge in [0.2, 0.25) is 0 Å². The Bertz CT molecular complexity index is 742. The summed E-state index contributed by atoms with van der Waals surface area (Å²) >= 11 is 0. The number of nitrogens with zero attached hydrogens (tertiary/aromatic N) is 1. The van der Waals surface area contributed by atoms with Crippen molar-refractivity contribution < 1.29 is 19.4 Å². The summed E-state index contributed by atoms with van der Waals surface area (Å²) in [5.74, 6) is -1.03. The van der Waals surface area contributed by atoms with E-state index in [1.54, 1.807) is 0 Å².